The third kappa shape index (κ3) is 14.0. The molecular weight excluding hydrogens is 609 g/mol. The predicted octanol–water partition coefficient (Wildman–Crippen LogP) is 13.8. The Kier molecular flexibility index (Phi) is 17.5. The highest BCUT2D eigenvalue weighted by atomic mass is 16.5. The third-order valence-electron chi connectivity index (χ3n) is 12.2. The van der Waals surface area contributed by atoms with E-state index < -0.39 is 0 Å². The molecule has 2 aliphatic rings. The number of hydrogen-bond acceptors (Lipinski definition) is 2. The van der Waals surface area contributed by atoms with Crippen LogP contribution in [0, 0.1) is 23.7 Å². The van der Waals surface area contributed by atoms with Crippen LogP contribution in [0.2, 0.25) is 0 Å². The lowest BCUT2D eigenvalue weighted by Crippen LogP contribution is -2.14. The molecule has 0 spiro atoms. The van der Waals surface area contributed by atoms with E-state index in [0.717, 1.165) is 23.7 Å². The summed E-state index contributed by atoms with van der Waals surface area (Å²) in [5, 5.41) is 0. The first-order valence-electron chi connectivity index (χ1n) is 21.1. The highest BCUT2D eigenvalue weighted by Gasteiger charge is 2.21. The van der Waals surface area contributed by atoms with Crippen molar-refractivity contribution in [3.05, 3.63) is 107 Å². The summed E-state index contributed by atoms with van der Waals surface area (Å²) in [5.74, 6) is 4.01. The second-order valence-electron chi connectivity index (χ2n) is 16.2. The minimum atomic E-state index is -0.0890. The number of ether oxygens (including phenoxy) is 2. The lowest BCUT2D eigenvalue weighted by molar-refractivity contribution is -0.0313. The van der Waals surface area contributed by atoms with E-state index in [-0.39, 0.29) is 6.10 Å². The fraction of sp³-hybridized carbons (Fsp3) is 0.625. The maximum Gasteiger partial charge on any atom is 0.106 e. The molecule has 3 aromatic rings. The summed E-state index contributed by atoms with van der Waals surface area (Å²) in [7, 11) is 0. The molecule has 0 amide bonds. The molecule has 274 valence electrons. The van der Waals surface area contributed by atoms with Gasteiger partial charge in [0.25, 0.3) is 0 Å². The van der Waals surface area contributed by atoms with Gasteiger partial charge in [0.15, 0.2) is 0 Å². The Bertz CT molecular complexity index is 1270. The molecule has 1 unspecified atom stereocenters. The van der Waals surface area contributed by atoms with E-state index >= 15 is 0 Å². The van der Waals surface area contributed by atoms with Gasteiger partial charge in [-0.1, -0.05) is 195 Å². The summed E-state index contributed by atoms with van der Waals surface area (Å²) >= 11 is 0. The van der Waals surface area contributed by atoms with Crippen molar-refractivity contribution in [2.45, 2.75) is 162 Å². The molecule has 0 aliphatic heterocycles. The van der Waals surface area contributed by atoms with E-state index in [2.05, 4.69) is 92.7 Å². The molecule has 0 bridgehead atoms. The Morgan fingerprint density at radius 1 is 0.480 bits per heavy atom. The van der Waals surface area contributed by atoms with Gasteiger partial charge in [0.2, 0.25) is 0 Å². The fourth-order valence-corrected chi connectivity index (χ4v) is 8.95. The van der Waals surface area contributed by atoms with Gasteiger partial charge in [0.05, 0.1) is 19.8 Å². The fourth-order valence-electron chi connectivity index (χ4n) is 8.95. The van der Waals surface area contributed by atoms with Crippen molar-refractivity contribution in [1.29, 1.82) is 0 Å². The van der Waals surface area contributed by atoms with Crippen molar-refractivity contribution in [3.63, 3.8) is 0 Å². The molecule has 50 heavy (non-hydrogen) atoms. The zero-order chi connectivity index (χ0) is 34.6. The number of benzene rings is 3. The lowest BCUT2D eigenvalue weighted by atomic mass is 9.78. The number of hydrogen-bond donors (Lipinski definition) is 0. The van der Waals surface area contributed by atoms with E-state index in [0.29, 0.717) is 19.8 Å². The van der Waals surface area contributed by atoms with Crippen molar-refractivity contribution >= 4 is 0 Å². The van der Waals surface area contributed by atoms with Crippen LogP contribution in [-0.4, -0.2) is 6.61 Å². The average molecular weight is 679 g/mol. The Labute approximate surface area is 307 Å². The first-order chi connectivity index (χ1) is 24.7. The summed E-state index contributed by atoms with van der Waals surface area (Å²) in [6, 6.07) is 28.8. The molecular formula is C48H70O2. The Hall–Kier alpha value is -2.42. The van der Waals surface area contributed by atoms with Gasteiger partial charge in [-0.05, 0) is 77.2 Å². The van der Waals surface area contributed by atoms with Crippen molar-refractivity contribution in [2.24, 2.45) is 23.7 Å². The second kappa shape index (κ2) is 22.5. The maximum atomic E-state index is 6.49. The van der Waals surface area contributed by atoms with Gasteiger partial charge in [0, 0.05) is 0 Å². The van der Waals surface area contributed by atoms with Crippen LogP contribution < -0.4 is 0 Å². The SMILES string of the molecule is CCCC1CCC(CCCCc2ccc(COCC(OCc3ccc(CCCCC4CCC(CCC)CC4)cc3)c3ccccc3)cc2)CC1. The zero-order valence-corrected chi connectivity index (χ0v) is 32.0. The van der Waals surface area contributed by atoms with Crippen LogP contribution in [0.5, 0.6) is 0 Å². The van der Waals surface area contributed by atoms with E-state index in [1.165, 1.54) is 156 Å². The molecule has 0 N–H and O–H groups in total. The number of aryl methyl sites for hydroxylation is 2. The summed E-state index contributed by atoms with van der Waals surface area (Å²) in [6.45, 7) is 6.43. The Morgan fingerprint density at radius 3 is 1.36 bits per heavy atom. The van der Waals surface area contributed by atoms with Crippen LogP contribution >= 0.6 is 0 Å². The largest absolute Gasteiger partial charge is 0.374 e. The lowest BCUT2D eigenvalue weighted by Gasteiger charge is -2.28. The van der Waals surface area contributed by atoms with Crippen molar-refractivity contribution < 1.29 is 9.47 Å². The smallest absolute Gasteiger partial charge is 0.106 e. The molecule has 2 saturated carbocycles. The van der Waals surface area contributed by atoms with Crippen molar-refractivity contribution in [1.82, 2.24) is 0 Å². The summed E-state index contributed by atoms with van der Waals surface area (Å²) in [6.07, 6.45) is 27.9. The molecule has 0 radical (unpaired) electrons. The standard InChI is InChI=1S/C48H70O2/c1-3-12-39-20-24-41(25-21-39)14-8-10-16-43-28-32-45(33-29-43)36-49-38-48(47-18-6-5-7-19-47)50-37-46-34-30-44(31-35-46)17-11-9-15-42-26-22-40(13-4-2)23-27-42/h5-7,18-19,28-35,39-42,48H,3-4,8-17,20-27,36-38H2,1-2H3. The summed E-state index contributed by atoms with van der Waals surface area (Å²) < 4.78 is 12.8. The molecule has 1 atom stereocenters. The van der Waals surface area contributed by atoms with Crippen molar-refractivity contribution in [3.8, 4) is 0 Å². The van der Waals surface area contributed by atoms with E-state index in [1.54, 1.807) is 0 Å². The van der Waals surface area contributed by atoms with Crippen LogP contribution in [0.3, 0.4) is 0 Å². The Balaban J connectivity index is 0.972. The summed E-state index contributed by atoms with van der Waals surface area (Å²) in [5.41, 5.74) is 6.55. The van der Waals surface area contributed by atoms with Gasteiger partial charge in [-0.2, -0.15) is 0 Å². The normalized spacial score (nSPS) is 21.6. The van der Waals surface area contributed by atoms with Crippen LogP contribution in [-0.2, 0) is 35.5 Å². The van der Waals surface area contributed by atoms with Gasteiger partial charge in [-0.3, -0.25) is 0 Å². The summed E-state index contributed by atoms with van der Waals surface area (Å²) in [4.78, 5) is 0. The van der Waals surface area contributed by atoms with E-state index in [9.17, 15) is 0 Å². The molecule has 0 heterocycles. The quantitative estimate of drug-likeness (QED) is 0.0985. The number of rotatable bonds is 22. The minimum absolute atomic E-state index is 0.0890. The zero-order valence-electron chi connectivity index (χ0n) is 32.0. The van der Waals surface area contributed by atoms with Gasteiger partial charge in [-0.15, -0.1) is 0 Å². The van der Waals surface area contributed by atoms with E-state index in [1.807, 2.05) is 0 Å². The second-order valence-corrected chi connectivity index (χ2v) is 16.2. The van der Waals surface area contributed by atoms with E-state index in [4.69, 9.17) is 9.47 Å². The van der Waals surface area contributed by atoms with Gasteiger partial charge in [0.1, 0.15) is 6.10 Å². The molecule has 0 aromatic heterocycles. The molecule has 3 aromatic carbocycles. The van der Waals surface area contributed by atoms with Crippen LogP contribution in [0.4, 0.5) is 0 Å². The maximum absolute atomic E-state index is 6.49. The highest BCUT2D eigenvalue weighted by molar-refractivity contribution is 5.24. The average Bonchev–Trinajstić information content (AvgIpc) is 3.16. The van der Waals surface area contributed by atoms with Gasteiger partial charge >= 0.3 is 0 Å². The molecule has 5 rings (SSSR count). The van der Waals surface area contributed by atoms with Crippen LogP contribution in [0.25, 0.3) is 0 Å². The first kappa shape index (κ1) is 38.8. The topological polar surface area (TPSA) is 18.5 Å². The molecule has 2 heteroatoms. The Morgan fingerprint density at radius 2 is 0.900 bits per heavy atom. The van der Waals surface area contributed by atoms with Gasteiger partial charge in [-0.25, -0.2) is 0 Å². The molecule has 0 saturated heterocycles. The minimum Gasteiger partial charge on any atom is -0.374 e. The van der Waals surface area contributed by atoms with Crippen LogP contribution in [0.15, 0.2) is 78.9 Å². The molecule has 2 fully saturated rings. The first-order valence-corrected chi connectivity index (χ1v) is 21.1. The monoisotopic (exact) mass is 679 g/mol. The van der Waals surface area contributed by atoms with Crippen LogP contribution in [0.1, 0.15) is 163 Å². The highest BCUT2D eigenvalue weighted by Crippen LogP contribution is 2.35. The van der Waals surface area contributed by atoms with Crippen molar-refractivity contribution in [2.75, 3.05) is 6.61 Å². The molecule has 2 nitrogen and oxygen atoms in total. The predicted molar refractivity (Wildman–Crippen MR) is 212 cm³/mol. The third-order valence-corrected chi connectivity index (χ3v) is 12.2. The molecule has 2 aliphatic carbocycles. The number of unbranched alkanes of at least 4 members (excludes halogenated alkanes) is 2. The van der Waals surface area contributed by atoms with Gasteiger partial charge < -0.3 is 9.47 Å².